The van der Waals surface area contributed by atoms with E-state index in [9.17, 15) is 23.2 Å². The number of nitrogens with zero attached hydrogens (tertiary/aromatic N) is 2. The van der Waals surface area contributed by atoms with Gasteiger partial charge in [0, 0.05) is 37.3 Å². The number of piperazine rings is 1. The smallest absolute Gasteiger partial charge is 0.254 e. The number of amides is 3. The molecule has 10 heteroatoms. The Labute approximate surface area is 196 Å². The Bertz CT molecular complexity index is 1050. The lowest BCUT2D eigenvalue weighted by molar-refractivity contribution is -0.131. The minimum Gasteiger partial charge on any atom is -0.490 e. The van der Waals surface area contributed by atoms with Gasteiger partial charge < -0.3 is 24.6 Å². The molecule has 0 bridgehead atoms. The summed E-state index contributed by atoms with van der Waals surface area (Å²) >= 11 is 0. The number of hydrogen-bond acceptors (Lipinski definition) is 5. The van der Waals surface area contributed by atoms with Gasteiger partial charge in [0.05, 0.1) is 19.8 Å². The predicted octanol–water partition coefficient (Wildman–Crippen LogP) is 2.48. The third kappa shape index (κ3) is 6.00. The van der Waals surface area contributed by atoms with Crippen LogP contribution in [-0.4, -0.2) is 73.5 Å². The lowest BCUT2D eigenvalue weighted by Gasteiger charge is -2.34. The molecule has 0 saturated carbocycles. The summed E-state index contributed by atoms with van der Waals surface area (Å²) in [4.78, 5) is 40.6. The van der Waals surface area contributed by atoms with Crippen LogP contribution >= 0.6 is 0 Å². The van der Waals surface area contributed by atoms with Crippen LogP contribution in [-0.2, 0) is 4.79 Å². The summed E-state index contributed by atoms with van der Waals surface area (Å²) in [6.07, 6.45) is 0. The van der Waals surface area contributed by atoms with E-state index in [0.29, 0.717) is 30.3 Å². The maximum atomic E-state index is 13.4. The average Bonchev–Trinajstić information content (AvgIpc) is 2.85. The van der Waals surface area contributed by atoms with Gasteiger partial charge in [0.15, 0.2) is 23.1 Å². The molecule has 0 atom stereocenters. The topological polar surface area (TPSA) is 88.2 Å². The van der Waals surface area contributed by atoms with Gasteiger partial charge in [-0.05, 0) is 50.2 Å². The van der Waals surface area contributed by atoms with E-state index in [4.69, 9.17) is 9.47 Å². The number of halogens is 2. The van der Waals surface area contributed by atoms with Crippen LogP contribution in [0.3, 0.4) is 0 Å². The highest BCUT2D eigenvalue weighted by atomic mass is 19.2. The number of carbonyl (C=O) groups excluding carboxylic acids is 3. The van der Waals surface area contributed by atoms with Crippen LogP contribution in [0.1, 0.15) is 34.6 Å². The molecule has 34 heavy (non-hydrogen) atoms. The zero-order chi connectivity index (χ0) is 24.7. The molecule has 0 spiro atoms. The van der Waals surface area contributed by atoms with Crippen molar-refractivity contribution in [2.45, 2.75) is 13.8 Å². The predicted molar refractivity (Wildman–Crippen MR) is 120 cm³/mol. The normalized spacial score (nSPS) is 13.4. The Kier molecular flexibility index (Phi) is 8.39. The molecule has 3 rings (SSSR count). The molecule has 1 aliphatic heterocycles. The van der Waals surface area contributed by atoms with Crippen molar-refractivity contribution in [3.05, 3.63) is 59.2 Å². The lowest BCUT2D eigenvalue weighted by atomic mass is 10.1. The second-order valence-electron chi connectivity index (χ2n) is 7.51. The van der Waals surface area contributed by atoms with Gasteiger partial charge in [-0.15, -0.1) is 0 Å². The van der Waals surface area contributed by atoms with Gasteiger partial charge in [-0.1, -0.05) is 0 Å². The van der Waals surface area contributed by atoms with E-state index >= 15 is 0 Å². The number of carbonyl (C=O) groups is 3. The SMILES string of the molecule is CCOc1ccc(C(=O)NCC(=O)N2CCN(C(=O)c3ccc(F)c(F)c3)CC2)cc1OCC. The van der Waals surface area contributed by atoms with E-state index < -0.39 is 23.4 Å². The molecule has 2 aromatic rings. The van der Waals surface area contributed by atoms with Crippen LogP contribution in [0.2, 0.25) is 0 Å². The van der Waals surface area contributed by atoms with E-state index in [1.54, 1.807) is 23.1 Å². The zero-order valence-corrected chi connectivity index (χ0v) is 19.1. The highest BCUT2D eigenvalue weighted by Gasteiger charge is 2.25. The molecule has 0 aromatic heterocycles. The van der Waals surface area contributed by atoms with Crippen LogP contribution < -0.4 is 14.8 Å². The zero-order valence-electron chi connectivity index (χ0n) is 19.1. The standard InChI is InChI=1S/C24H27F2N3O5/c1-3-33-20-8-6-16(14-21(20)34-4-2)23(31)27-15-22(30)28-9-11-29(12-10-28)24(32)17-5-7-18(25)19(26)13-17/h5-8,13-14H,3-4,9-12,15H2,1-2H3,(H,27,31). The summed E-state index contributed by atoms with van der Waals surface area (Å²) in [6, 6.07) is 7.81. The summed E-state index contributed by atoms with van der Waals surface area (Å²) in [5.41, 5.74) is 0.384. The van der Waals surface area contributed by atoms with E-state index in [0.717, 1.165) is 12.1 Å². The van der Waals surface area contributed by atoms with E-state index in [2.05, 4.69) is 5.32 Å². The molecule has 1 aliphatic rings. The third-order valence-corrected chi connectivity index (χ3v) is 5.29. The number of nitrogens with one attached hydrogen (secondary N) is 1. The molecular formula is C24H27F2N3O5. The van der Waals surface area contributed by atoms with Crippen LogP contribution in [0.4, 0.5) is 8.78 Å². The lowest BCUT2D eigenvalue weighted by Crippen LogP contribution is -2.52. The highest BCUT2D eigenvalue weighted by Crippen LogP contribution is 2.28. The van der Waals surface area contributed by atoms with Crippen LogP contribution in [0, 0.1) is 11.6 Å². The number of rotatable bonds is 8. The van der Waals surface area contributed by atoms with Gasteiger partial charge in [-0.25, -0.2) is 8.78 Å². The van der Waals surface area contributed by atoms with Crippen molar-refractivity contribution in [3.63, 3.8) is 0 Å². The summed E-state index contributed by atoms with van der Waals surface area (Å²) in [6.45, 7) is 5.36. The third-order valence-electron chi connectivity index (χ3n) is 5.29. The second kappa shape index (κ2) is 11.4. The van der Waals surface area contributed by atoms with Gasteiger partial charge in [-0.3, -0.25) is 14.4 Å². The fourth-order valence-corrected chi connectivity index (χ4v) is 3.53. The fourth-order valence-electron chi connectivity index (χ4n) is 3.53. The van der Waals surface area contributed by atoms with Crippen molar-refractivity contribution in [2.75, 3.05) is 45.9 Å². The van der Waals surface area contributed by atoms with Crippen molar-refractivity contribution in [1.29, 1.82) is 0 Å². The Hall–Kier alpha value is -3.69. The van der Waals surface area contributed by atoms with Crippen molar-refractivity contribution in [3.8, 4) is 11.5 Å². The molecule has 1 N–H and O–H groups in total. The number of benzene rings is 2. The molecule has 0 radical (unpaired) electrons. The van der Waals surface area contributed by atoms with Gasteiger partial charge in [0.25, 0.3) is 11.8 Å². The maximum Gasteiger partial charge on any atom is 0.254 e. The van der Waals surface area contributed by atoms with Crippen LogP contribution in [0.5, 0.6) is 11.5 Å². The average molecular weight is 475 g/mol. The molecule has 1 fully saturated rings. The van der Waals surface area contributed by atoms with Crippen LogP contribution in [0.15, 0.2) is 36.4 Å². The first-order chi connectivity index (χ1) is 16.3. The summed E-state index contributed by atoms with van der Waals surface area (Å²) in [5.74, 6) is -2.27. The van der Waals surface area contributed by atoms with E-state index in [1.165, 1.54) is 11.0 Å². The minimum atomic E-state index is -1.09. The first-order valence-corrected chi connectivity index (χ1v) is 11.0. The summed E-state index contributed by atoms with van der Waals surface area (Å²) in [7, 11) is 0. The molecule has 0 unspecified atom stereocenters. The second-order valence-corrected chi connectivity index (χ2v) is 7.51. The van der Waals surface area contributed by atoms with Crippen molar-refractivity contribution in [2.24, 2.45) is 0 Å². The van der Waals surface area contributed by atoms with Crippen LogP contribution in [0.25, 0.3) is 0 Å². The number of ether oxygens (including phenoxy) is 2. The Balaban J connectivity index is 1.51. The molecular weight excluding hydrogens is 448 g/mol. The summed E-state index contributed by atoms with van der Waals surface area (Å²) < 4.78 is 37.5. The largest absolute Gasteiger partial charge is 0.490 e. The van der Waals surface area contributed by atoms with Crippen molar-refractivity contribution < 1.29 is 32.6 Å². The van der Waals surface area contributed by atoms with Crippen molar-refractivity contribution in [1.82, 2.24) is 15.1 Å². The van der Waals surface area contributed by atoms with E-state index in [-0.39, 0.29) is 44.2 Å². The summed E-state index contributed by atoms with van der Waals surface area (Å²) in [5, 5.41) is 2.60. The molecule has 8 nitrogen and oxygen atoms in total. The molecule has 182 valence electrons. The van der Waals surface area contributed by atoms with E-state index in [1.807, 2.05) is 13.8 Å². The first kappa shape index (κ1) is 24.9. The molecule has 0 aliphatic carbocycles. The minimum absolute atomic E-state index is 0.0488. The Morgan fingerprint density at radius 2 is 1.44 bits per heavy atom. The van der Waals surface area contributed by atoms with Gasteiger partial charge in [0.2, 0.25) is 5.91 Å². The number of hydrogen-bond donors (Lipinski definition) is 1. The molecule has 3 amide bonds. The molecule has 1 heterocycles. The molecule has 2 aromatic carbocycles. The fraction of sp³-hybridized carbons (Fsp3) is 0.375. The van der Waals surface area contributed by atoms with Crippen molar-refractivity contribution >= 4 is 17.7 Å². The monoisotopic (exact) mass is 475 g/mol. The Morgan fingerprint density at radius 3 is 2.09 bits per heavy atom. The maximum absolute atomic E-state index is 13.4. The van der Waals surface area contributed by atoms with Gasteiger partial charge in [-0.2, -0.15) is 0 Å². The Morgan fingerprint density at radius 1 is 0.824 bits per heavy atom. The quantitative estimate of drug-likeness (QED) is 0.634. The highest BCUT2D eigenvalue weighted by molar-refractivity contribution is 5.97. The van der Waals surface area contributed by atoms with Gasteiger partial charge in [0.1, 0.15) is 0 Å². The van der Waals surface area contributed by atoms with Gasteiger partial charge >= 0.3 is 0 Å². The molecule has 1 saturated heterocycles. The first-order valence-electron chi connectivity index (χ1n) is 11.0.